The van der Waals surface area contributed by atoms with Crippen molar-refractivity contribution in [3.63, 3.8) is 0 Å². The number of amides is 1. The van der Waals surface area contributed by atoms with Crippen molar-refractivity contribution in [1.82, 2.24) is 9.21 Å². The SMILES string of the molecule is C[C@H]1CCC[NH+](CC(=O)N2CCN(S(=O)(=O)c3ccc(Cl)s3)CC2)C1. The van der Waals surface area contributed by atoms with Crippen molar-refractivity contribution in [1.29, 1.82) is 0 Å². The van der Waals surface area contributed by atoms with Crippen LogP contribution in [0, 0.1) is 5.92 Å². The number of thiophene rings is 1. The number of sulfonamides is 1. The molecule has 25 heavy (non-hydrogen) atoms. The predicted molar refractivity (Wildman–Crippen MR) is 98.6 cm³/mol. The highest BCUT2D eigenvalue weighted by Gasteiger charge is 2.32. The molecule has 2 aliphatic heterocycles. The molecule has 2 atom stereocenters. The first kappa shape index (κ1) is 19.1. The third kappa shape index (κ3) is 4.54. The number of quaternary nitrogens is 1. The van der Waals surface area contributed by atoms with Crippen LogP contribution in [0.2, 0.25) is 4.34 Å². The molecule has 0 saturated carbocycles. The number of rotatable bonds is 4. The second kappa shape index (κ2) is 7.92. The highest BCUT2D eigenvalue weighted by Crippen LogP contribution is 2.28. The third-order valence-electron chi connectivity index (χ3n) is 5.00. The van der Waals surface area contributed by atoms with Gasteiger partial charge in [-0.15, -0.1) is 11.3 Å². The van der Waals surface area contributed by atoms with Crippen molar-refractivity contribution in [2.45, 2.75) is 24.0 Å². The van der Waals surface area contributed by atoms with Crippen LogP contribution in [0.4, 0.5) is 0 Å². The molecule has 0 aromatic carbocycles. The standard InChI is InChI=1S/C16H24ClN3O3S2/c1-13-3-2-6-18(11-13)12-15(21)19-7-9-20(10-8-19)25(22,23)16-5-4-14(17)24-16/h4-5,13H,2-3,6-12H2,1H3/p+1/t13-/m0/s1. The van der Waals surface area contributed by atoms with Crippen LogP contribution in [0.5, 0.6) is 0 Å². The number of nitrogens with one attached hydrogen (secondary N) is 1. The van der Waals surface area contributed by atoms with E-state index in [9.17, 15) is 13.2 Å². The Balaban J connectivity index is 1.53. The molecule has 1 aromatic heterocycles. The Morgan fingerprint density at radius 3 is 2.64 bits per heavy atom. The molecule has 3 rings (SSSR count). The summed E-state index contributed by atoms with van der Waals surface area (Å²) in [7, 11) is -3.50. The van der Waals surface area contributed by atoms with Gasteiger partial charge in [0, 0.05) is 32.1 Å². The summed E-state index contributed by atoms with van der Waals surface area (Å²) in [6.45, 7) is 6.48. The highest BCUT2D eigenvalue weighted by atomic mass is 35.5. The molecule has 0 bridgehead atoms. The van der Waals surface area contributed by atoms with Gasteiger partial charge in [-0.2, -0.15) is 4.31 Å². The van der Waals surface area contributed by atoms with Crippen molar-refractivity contribution in [2.75, 3.05) is 45.8 Å². The Bertz CT molecular complexity index is 714. The fourth-order valence-electron chi connectivity index (χ4n) is 3.63. The van der Waals surface area contributed by atoms with Gasteiger partial charge in [-0.3, -0.25) is 4.79 Å². The van der Waals surface area contributed by atoms with Crippen LogP contribution in [0.15, 0.2) is 16.3 Å². The largest absolute Gasteiger partial charge is 0.335 e. The summed E-state index contributed by atoms with van der Waals surface area (Å²) >= 11 is 6.92. The maximum absolute atomic E-state index is 12.6. The number of piperidine rings is 1. The molecule has 3 heterocycles. The molecule has 1 unspecified atom stereocenters. The van der Waals surface area contributed by atoms with Crippen LogP contribution in [0.3, 0.4) is 0 Å². The van der Waals surface area contributed by atoms with E-state index < -0.39 is 10.0 Å². The first-order valence-corrected chi connectivity index (χ1v) is 11.4. The first-order valence-electron chi connectivity index (χ1n) is 8.73. The minimum absolute atomic E-state index is 0.139. The lowest BCUT2D eigenvalue weighted by Gasteiger charge is -2.35. The summed E-state index contributed by atoms with van der Waals surface area (Å²) in [6.07, 6.45) is 2.43. The lowest BCUT2D eigenvalue weighted by Crippen LogP contribution is -3.14. The second-order valence-electron chi connectivity index (χ2n) is 6.97. The fourth-order valence-corrected chi connectivity index (χ4v) is 6.68. The molecule has 2 fully saturated rings. The van der Waals surface area contributed by atoms with Crippen molar-refractivity contribution in [2.24, 2.45) is 5.92 Å². The zero-order chi connectivity index (χ0) is 18.0. The Kier molecular flexibility index (Phi) is 6.05. The van der Waals surface area contributed by atoms with Crippen molar-refractivity contribution in [3.8, 4) is 0 Å². The topological polar surface area (TPSA) is 62.1 Å². The third-order valence-corrected chi connectivity index (χ3v) is 8.60. The Labute approximate surface area is 158 Å². The summed E-state index contributed by atoms with van der Waals surface area (Å²) in [5.41, 5.74) is 0. The minimum atomic E-state index is -3.50. The molecular weight excluding hydrogens is 382 g/mol. The number of hydrogen-bond donors (Lipinski definition) is 1. The lowest BCUT2D eigenvalue weighted by atomic mass is 10.0. The Morgan fingerprint density at radius 2 is 2.04 bits per heavy atom. The number of likely N-dealkylation sites (tertiary alicyclic amines) is 1. The van der Waals surface area contributed by atoms with E-state index in [1.54, 1.807) is 17.0 Å². The zero-order valence-corrected chi connectivity index (χ0v) is 16.8. The number of hydrogen-bond acceptors (Lipinski definition) is 4. The van der Waals surface area contributed by atoms with Gasteiger partial charge in [0.1, 0.15) is 4.21 Å². The van der Waals surface area contributed by atoms with E-state index in [0.717, 1.165) is 24.4 Å². The maximum atomic E-state index is 12.6. The summed E-state index contributed by atoms with van der Waals surface area (Å²) in [5, 5.41) is 0. The first-order chi connectivity index (χ1) is 11.9. The molecule has 0 radical (unpaired) electrons. The van der Waals surface area contributed by atoms with Crippen LogP contribution in [0.1, 0.15) is 19.8 Å². The monoisotopic (exact) mass is 406 g/mol. The van der Waals surface area contributed by atoms with Crippen LogP contribution in [0.25, 0.3) is 0 Å². The quantitative estimate of drug-likeness (QED) is 0.794. The van der Waals surface area contributed by atoms with Gasteiger partial charge in [0.15, 0.2) is 6.54 Å². The van der Waals surface area contributed by atoms with Gasteiger partial charge in [0.2, 0.25) is 0 Å². The molecule has 2 saturated heterocycles. The van der Waals surface area contributed by atoms with E-state index in [0.29, 0.717) is 43.0 Å². The van der Waals surface area contributed by atoms with Gasteiger partial charge < -0.3 is 9.80 Å². The molecule has 0 spiro atoms. The fraction of sp³-hybridized carbons (Fsp3) is 0.688. The van der Waals surface area contributed by atoms with E-state index in [1.807, 2.05) is 0 Å². The molecule has 0 aliphatic carbocycles. The number of nitrogens with zero attached hydrogens (tertiary/aromatic N) is 2. The minimum Gasteiger partial charge on any atom is -0.335 e. The summed E-state index contributed by atoms with van der Waals surface area (Å²) in [5.74, 6) is 0.816. The zero-order valence-electron chi connectivity index (χ0n) is 14.4. The molecule has 140 valence electrons. The van der Waals surface area contributed by atoms with Gasteiger partial charge in [-0.25, -0.2) is 8.42 Å². The lowest BCUT2D eigenvalue weighted by molar-refractivity contribution is -0.900. The van der Waals surface area contributed by atoms with Gasteiger partial charge in [-0.05, 0) is 25.0 Å². The van der Waals surface area contributed by atoms with Gasteiger partial charge in [0.05, 0.1) is 17.4 Å². The molecule has 9 heteroatoms. The predicted octanol–water partition coefficient (Wildman–Crippen LogP) is 0.549. The molecule has 6 nitrogen and oxygen atoms in total. The van der Waals surface area contributed by atoms with E-state index in [1.165, 1.54) is 22.0 Å². The number of carbonyl (C=O) groups excluding carboxylic acids is 1. The van der Waals surface area contributed by atoms with Crippen molar-refractivity contribution < 1.29 is 18.1 Å². The summed E-state index contributed by atoms with van der Waals surface area (Å²) < 4.78 is 27.4. The van der Waals surface area contributed by atoms with Crippen molar-refractivity contribution in [3.05, 3.63) is 16.5 Å². The van der Waals surface area contributed by atoms with Crippen LogP contribution >= 0.6 is 22.9 Å². The number of halogens is 1. The molecular formula is C16H25ClN3O3S2+. The molecule has 2 aliphatic rings. The van der Waals surface area contributed by atoms with Gasteiger partial charge in [-0.1, -0.05) is 18.5 Å². The normalized spacial score (nSPS) is 25.9. The second-order valence-corrected chi connectivity index (χ2v) is 10.9. The van der Waals surface area contributed by atoms with Crippen LogP contribution in [-0.2, 0) is 14.8 Å². The smallest absolute Gasteiger partial charge is 0.277 e. The highest BCUT2D eigenvalue weighted by molar-refractivity contribution is 7.91. The summed E-state index contributed by atoms with van der Waals surface area (Å²) in [6, 6.07) is 3.14. The van der Waals surface area contributed by atoms with Gasteiger partial charge >= 0.3 is 0 Å². The number of carbonyl (C=O) groups is 1. The van der Waals surface area contributed by atoms with E-state index in [4.69, 9.17) is 11.6 Å². The Morgan fingerprint density at radius 1 is 1.32 bits per heavy atom. The van der Waals surface area contributed by atoms with Crippen molar-refractivity contribution >= 4 is 38.9 Å². The van der Waals surface area contributed by atoms with Gasteiger partial charge in [0.25, 0.3) is 15.9 Å². The molecule has 1 amide bonds. The molecule has 1 N–H and O–H groups in total. The maximum Gasteiger partial charge on any atom is 0.277 e. The average molecular weight is 407 g/mol. The molecule has 1 aromatic rings. The van der Waals surface area contributed by atoms with E-state index in [-0.39, 0.29) is 10.1 Å². The van der Waals surface area contributed by atoms with Crippen LogP contribution in [-0.4, -0.2) is 69.3 Å². The van der Waals surface area contributed by atoms with Crippen LogP contribution < -0.4 is 4.90 Å². The average Bonchev–Trinajstić information content (AvgIpc) is 3.02. The van der Waals surface area contributed by atoms with E-state index >= 15 is 0 Å². The Hall–Kier alpha value is -0.670. The summed E-state index contributed by atoms with van der Waals surface area (Å²) in [4.78, 5) is 15.7. The number of piperazine rings is 1. The van der Waals surface area contributed by atoms with E-state index in [2.05, 4.69) is 6.92 Å².